The number of rotatable bonds is 2. The molecule has 1 N–H and O–H groups in total. The molecule has 116 valence electrons. The quantitative estimate of drug-likeness (QED) is 0.442. The van der Waals surface area contributed by atoms with Crippen LogP contribution < -0.4 is 4.74 Å². The molecule has 0 fully saturated rings. The van der Waals surface area contributed by atoms with Crippen LogP contribution in [-0.2, 0) is 0 Å². The SMILES string of the molecule is O=C(Oc1cccc2cccnc12)c1c(O)ccc2ccccc12. The van der Waals surface area contributed by atoms with E-state index in [0.29, 0.717) is 16.7 Å². The van der Waals surface area contributed by atoms with Crippen LogP contribution in [0.4, 0.5) is 0 Å². The van der Waals surface area contributed by atoms with E-state index in [2.05, 4.69) is 4.98 Å². The van der Waals surface area contributed by atoms with Gasteiger partial charge in [0.1, 0.15) is 16.8 Å². The molecular weight excluding hydrogens is 302 g/mol. The van der Waals surface area contributed by atoms with Gasteiger partial charge >= 0.3 is 5.97 Å². The number of carbonyl (C=O) groups excluding carboxylic acids is 1. The molecule has 4 aromatic rings. The van der Waals surface area contributed by atoms with E-state index in [4.69, 9.17) is 4.74 Å². The van der Waals surface area contributed by atoms with Gasteiger partial charge in [0.15, 0.2) is 5.75 Å². The van der Waals surface area contributed by atoms with Gasteiger partial charge in [-0.15, -0.1) is 0 Å². The van der Waals surface area contributed by atoms with Crippen LogP contribution in [0.25, 0.3) is 21.7 Å². The zero-order valence-electron chi connectivity index (χ0n) is 12.6. The Morgan fingerprint density at radius 3 is 2.58 bits per heavy atom. The Labute approximate surface area is 138 Å². The monoisotopic (exact) mass is 315 g/mol. The minimum absolute atomic E-state index is 0.105. The third-order valence-corrected chi connectivity index (χ3v) is 3.91. The average Bonchev–Trinajstić information content (AvgIpc) is 2.62. The second-order valence-electron chi connectivity index (χ2n) is 5.40. The van der Waals surface area contributed by atoms with Crippen LogP contribution in [-0.4, -0.2) is 16.1 Å². The maximum Gasteiger partial charge on any atom is 0.348 e. The standard InChI is InChI=1S/C20H13NO3/c22-16-11-10-13-5-1-2-8-15(13)18(16)20(23)24-17-9-3-6-14-7-4-12-21-19(14)17/h1-12,22H. The minimum Gasteiger partial charge on any atom is -0.507 e. The molecule has 0 aliphatic rings. The molecule has 4 rings (SSSR count). The number of phenolic OH excluding ortho intramolecular Hbond substituents is 1. The highest BCUT2D eigenvalue weighted by Crippen LogP contribution is 2.30. The zero-order chi connectivity index (χ0) is 16.5. The largest absolute Gasteiger partial charge is 0.507 e. The summed E-state index contributed by atoms with van der Waals surface area (Å²) in [5, 5.41) is 12.5. The number of pyridine rings is 1. The van der Waals surface area contributed by atoms with Crippen LogP contribution in [0.15, 0.2) is 72.9 Å². The molecule has 24 heavy (non-hydrogen) atoms. The number of hydrogen-bond acceptors (Lipinski definition) is 4. The van der Waals surface area contributed by atoms with Crippen LogP contribution in [0.5, 0.6) is 11.5 Å². The summed E-state index contributed by atoms with van der Waals surface area (Å²) in [6.45, 7) is 0. The van der Waals surface area contributed by atoms with Gasteiger partial charge in [0, 0.05) is 11.6 Å². The molecule has 4 nitrogen and oxygen atoms in total. The highest BCUT2D eigenvalue weighted by atomic mass is 16.5. The number of aromatic nitrogens is 1. The number of phenols is 1. The van der Waals surface area contributed by atoms with Crippen molar-refractivity contribution in [3.8, 4) is 11.5 Å². The van der Waals surface area contributed by atoms with Crippen LogP contribution in [0, 0.1) is 0 Å². The lowest BCUT2D eigenvalue weighted by molar-refractivity contribution is 0.0736. The fraction of sp³-hybridized carbons (Fsp3) is 0. The van der Waals surface area contributed by atoms with Crippen molar-refractivity contribution in [1.82, 2.24) is 4.98 Å². The van der Waals surface area contributed by atoms with Gasteiger partial charge in [-0.3, -0.25) is 4.98 Å². The Morgan fingerprint density at radius 1 is 0.875 bits per heavy atom. The van der Waals surface area contributed by atoms with E-state index in [-0.39, 0.29) is 11.3 Å². The molecule has 0 atom stereocenters. The van der Waals surface area contributed by atoms with Crippen molar-refractivity contribution in [2.45, 2.75) is 0 Å². The first-order valence-electron chi connectivity index (χ1n) is 7.51. The Morgan fingerprint density at radius 2 is 1.67 bits per heavy atom. The summed E-state index contributed by atoms with van der Waals surface area (Å²) < 4.78 is 5.54. The summed E-state index contributed by atoms with van der Waals surface area (Å²) in [5.41, 5.74) is 0.758. The number of benzene rings is 3. The number of fused-ring (bicyclic) bond motifs is 2. The van der Waals surface area contributed by atoms with E-state index in [9.17, 15) is 9.90 Å². The Balaban J connectivity index is 1.81. The van der Waals surface area contributed by atoms with E-state index in [1.54, 1.807) is 30.5 Å². The summed E-state index contributed by atoms with van der Waals surface area (Å²) in [6, 6.07) is 19.7. The molecular formula is C20H13NO3. The van der Waals surface area contributed by atoms with E-state index in [1.807, 2.05) is 36.4 Å². The Bertz CT molecular complexity index is 1070. The number of nitrogens with zero attached hydrogens (tertiary/aromatic N) is 1. The molecule has 0 saturated carbocycles. The molecule has 0 amide bonds. The zero-order valence-corrected chi connectivity index (χ0v) is 12.6. The number of para-hydroxylation sites is 1. The summed E-state index contributed by atoms with van der Waals surface area (Å²) in [7, 11) is 0. The first-order chi connectivity index (χ1) is 11.7. The smallest absolute Gasteiger partial charge is 0.348 e. The van der Waals surface area contributed by atoms with Gasteiger partial charge in [0.25, 0.3) is 0 Å². The summed E-state index contributed by atoms with van der Waals surface area (Å²) in [6.07, 6.45) is 1.65. The second kappa shape index (κ2) is 5.66. The number of carbonyl (C=O) groups is 1. The van der Waals surface area contributed by atoms with Crippen LogP contribution >= 0.6 is 0 Å². The van der Waals surface area contributed by atoms with Gasteiger partial charge in [-0.25, -0.2) is 4.79 Å². The van der Waals surface area contributed by atoms with Gasteiger partial charge in [0.2, 0.25) is 0 Å². The lowest BCUT2D eigenvalue weighted by Gasteiger charge is -2.10. The van der Waals surface area contributed by atoms with E-state index in [0.717, 1.165) is 10.8 Å². The summed E-state index contributed by atoms with van der Waals surface area (Å²) >= 11 is 0. The van der Waals surface area contributed by atoms with Crippen molar-refractivity contribution in [3.63, 3.8) is 0 Å². The molecule has 0 aliphatic carbocycles. The molecule has 0 saturated heterocycles. The van der Waals surface area contributed by atoms with Crippen LogP contribution in [0.3, 0.4) is 0 Å². The lowest BCUT2D eigenvalue weighted by Crippen LogP contribution is -2.10. The van der Waals surface area contributed by atoms with Crippen molar-refractivity contribution >= 4 is 27.6 Å². The predicted molar refractivity (Wildman–Crippen MR) is 92.3 cm³/mol. The van der Waals surface area contributed by atoms with Crippen molar-refractivity contribution < 1.29 is 14.6 Å². The summed E-state index contributed by atoms with van der Waals surface area (Å²) in [4.78, 5) is 17.0. The minimum atomic E-state index is -0.609. The van der Waals surface area contributed by atoms with Crippen molar-refractivity contribution in [3.05, 3.63) is 78.5 Å². The molecule has 1 heterocycles. The molecule has 0 radical (unpaired) electrons. The van der Waals surface area contributed by atoms with Crippen molar-refractivity contribution in [2.24, 2.45) is 0 Å². The first-order valence-corrected chi connectivity index (χ1v) is 7.51. The van der Waals surface area contributed by atoms with Crippen LogP contribution in [0.2, 0.25) is 0 Å². The third-order valence-electron chi connectivity index (χ3n) is 3.91. The van der Waals surface area contributed by atoms with E-state index >= 15 is 0 Å². The number of aromatic hydroxyl groups is 1. The molecule has 3 aromatic carbocycles. The van der Waals surface area contributed by atoms with Gasteiger partial charge in [-0.05, 0) is 29.0 Å². The molecule has 1 aromatic heterocycles. The molecule has 0 aliphatic heterocycles. The van der Waals surface area contributed by atoms with Gasteiger partial charge < -0.3 is 9.84 Å². The fourth-order valence-corrected chi connectivity index (χ4v) is 2.78. The maximum absolute atomic E-state index is 12.7. The maximum atomic E-state index is 12.7. The highest BCUT2D eigenvalue weighted by molar-refractivity contribution is 6.08. The fourth-order valence-electron chi connectivity index (χ4n) is 2.78. The molecule has 0 spiro atoms. The van der Waals surface area contributed by atoms with Gasteiger partial charge in [-0.1, -0.05) is 48.5 Å². The molecule has 4 heteroatoms. The van der Waals surface area contributed by atoms with Crippen molar-refractivity contribution in [2.75, 3.05) is 0 Å². The lowest BCUT2D eigenvalue weighted by atomic mass is 10.0. The average molecular weight is 315 g/mol. The van der Waals surface area contributed by atoms with E-state index in [1.165, 1.54) is 6.07 Å². The molecule has 0 unspecified atom stereocenters. The van der Waals surface area contributed by atoms with Crippen LogP contribution in [0.1, 0.15) is 10.4 Å². The Hall–Kier alpha value is -3.40. The first kappa shape index (κ1) is 14.2. The van der Waals surface area contributed by atoms with E-state index < -0.39 is 5.97 Å². The third kappa shape index (κ3) is 2.34. The number of esters is 1. The Kier molecular flexibility index (Phi) is 3.35. The predicted octanol–water partition coefficient (Wildman–Crippen LogP) is 4.31. The normalized spacial score (nSPS) is 10.8. The second-order valence-corrected chi connectivity index (χ2v) is 5.40. The highest BCUT2D eigenvalue weighted by Gasteiger charge is 2.18. The van der Waals surface area contributed by atoms with Gasteiger partial charge in [0.05, 0.1) is 0 Å². The number of ether oxygens (including phenoxy) is 1. The van der Waals surface area contributed by atoms with Gasteiger partial charge in [-0.2, -0.15) is 0 Å². The number of hydrogen-bond donors (Lipinski definition) is 1. The molecule has 0 bridgehead atoms. The van der Waals surface area contributed by atoms with Crippen molar-refractivity contribution in [1.29, 1.82) is 0 Å². The topological polar surface area (TPSA) is 59.4 Å². The summed E-state index contributed by atoms with van der Waals surface area (Å²) in [5.74, 6) is -0.347.